The van der Waals surface area contributed by atoms with Crippen LogP contribution in [0.2, 0.25) is 0 Å². The molecule has 2 unspecified atom stereocenters. The number of nitrogens with zero attached hydrogens (tertiary/aromatic N) is 2. The Labute approximate surface area is 103 Å². The molecule has 4 heteroatoms. The Balaban J connectivity index is 2.02. The fraction of sp³-hybridized carbons (Fsp3) is 0.769. The fourth-order valence-electron chi connectivity index (χ4n) is 2.29. The molecular weight excluding hydrogens is 214 g/mol. The summed E-state index contributed by atoms with van der Waals surface area (Å²) in [6.45, 7) is 8.81. The van der Waals surface area contributed by atoms with Crippen molar-refractivity contribution in [1.82, 2.24) is 15.2 Å². The minimum atomic E-state index is 0.259. The Bertz CT molecular complexity index is 361. The van der Waals surface area contributed by atoms with Crippen molar-refractivity contribution in [1.29, 1.82) is 0 Å². The molecule has 0 amide bonds. The van der Waals surface area contributed by atoms with E-state index in [0.29, 0.717) is 12.0 Å². The van der Waals surface area contributed by atoms with Crippen LogP contribution in [0.1, 0.15) is 50.7 Å². The van der Waals surface area contributed by atoms with Gasteiger partial charge in [-0.05, 0) is 40.8 Å². The van der Waals surface area contributed by atoms with Gasteiger partial charge in [-0.1, -0.05) is 0 Å². The van der Waals surface area contributed by atoms with Crippen LogP contribution in [0.25, 0.3) is 0 Å². The van der Waals surface area contributed by atoms with Gasteiger partial charge in [0.25, 0.3) is 0 Å². The summed E-state index contributed by atoms with van der Waals surface area (Å²) < 4.78 is 5.62. The molecule has 17 heavy (non-hydrogen) atoms. The summed E-state index contributed by atoms with van der Waals surface area (Å²) in [4.78, 5) is 7.08. The maximum absolute atomic E-state index is 5.62. The van der Waals surface area contributed by atoms with Crippen LogP contribution in [0.3, 0.4) is 0 Å². The average molecular weight is 237 g/mol. The van der Waals surface area contributed by atoms with Gasteiger partial charge in [0.2, 0.25) is 0 Å². The third kappa shape index (κ3) is 2.69. The van der Waals surface area contributed by atoms with Gasteiger partial charge in [-0.2, -0.15) is 0 Å². The predicted molar refractivity (Wildman–Crippen MR) is 68.0 cm³/mol. The van der Waals surface area contributed by atoms with Gasteiger partial charge in [-0.3, -0.25) is 0 Å². The lowest BCUT2D eigenvalue weighted by Gasteiger charge is -2.19. The first-order valence-corrected chi connectivity index (χ1v) is 6.48. The number of hydrogen-bond acceptors (Lipinski definition) is 4. The van der Waals surface area contributed by atoms with Crippen LogP contribution in [0.5, 0.6) is 0 Å². The van der Waals surface area contributed by atoms with E-state index in [2.05, 4.69) is 36.0 Å². The molecule has 96 valence electrons. The first-order valence-electron chi connectivity index (χ1n) is 6.48. The number of rotatable bonds is 4. The van der Waals surface area contributed by atoms with Crippen LogP contribution in [0.4, 0.5) is 0 Å². The summed E-state index contributed by atoms with van der Waals surface area (Å²) in [6, 6.07) is 0.876. The van der Waals surface area contributed by atoms with Crippen molar-refractivity contribution in [3.05, 3.63) is 17.8 Å². The largest absolute Gasteiger partial charge is 0.448 e. The van der Waals surface area contributed by atoms with Crippen molar-refractivity contribution >= 4 is 0 Å². The van der Waals surface area contributed by atoms with E-state index in [9.17, 15) is 0 Å². The highest BCUT2D eigenvalue weighted by atomic mass is 16.3. The summed E-state index contributed by atoms with van der Waals surface area (Å²) in [6.07, 6.45) is 2.95. The van der Waals surface area contributed by atoms with Gasteiger partial charge in [-0.25, -0.2) is 4.98 Å². The molecule has 0 saturated carbocycles. The van der Waals surface area contributed by atoms with Gasteiger partial charge in [0, 0.05) is 24.5 Å². The Morgan fingerprint density at radius 3 is 2.82 bits per heavy atom. The predicted octanol–water partition coefficient (Wildman–Crippen LogP) is 2.15. The normalized spacial score (nSPS) is 23.5. The van der Waals surface area contributed by atoms with E-state index < -0.39 is 0 Å². The van der Waals surface area contributed by atoms with Crippen molar-refractivity contribution < 1.29 is 4.42 Å². The molecule has 4 nitrogen and oxygen atoms in total. The van der Waals surface area contributed by atoms with Crippen molar-refractivity contribution in [2.24, 2.45) is 0 Å². The van der Waals surface area contributed by atoms with E-state index in [1.165, 1.54) is 0 Å². The SMILES string of the molecule is CNC(C)c1coc(C2CCN(C(C)C)C2)n1. The zero-order chi connectivity index (χ0) is 12.4. The Kier molecular flexibility index (Phi) is 3.84. The highest BCUT2D eigenvalue weighted by Crippen LogP contribution is 2.28. The molecule has 1 aliphatic rings. The number of aromatic nitrogens is 1. The first-order chi connectivity index (χ1) is 8.11. The molecule has 2 atom stereocenters. The highest BCUT2D eigenvalue weighted by Gasteiger charge is 2.29. The topological polar surface area (TPSA) is 41.3 Å². The molecule has 1 N–H and O–H groups in total. The van der Waals surface area contributed by atoms with Crippen LogP contribution in [-0.4, -0.2) is 36.1 Å². The molecule has 0 aromatic carbocycles. The van der Waals surface area contributed by atoms with E-state index in [-0.39, 0.29) is 6.04 Å². The summed E-state index contributed by atoms with van der Waals surface area (Å²) >= 11 is 0. The second-order valence-corrected chi connectivity index (χ2v) is 5.20. The van der Waals surface area contributed by atoms with Crippen LogP contribution < -0.4 is 5.32 Å². The van der Waals surface area contributed by atoms with Gasteiger partial charge in [-0.15, -0.1) is 0 Å². The molecule has 1 aromatic heterocycles. The molecule has 2 heterocycles. The molecule has 2 rings (SSSR count). The smallest absolute Gasteiger partial charge is 0.198 e. The second-order valence-electron chi connectivity index (χ2n) is 5.20. The van der Waals surface area contributed by atoms with Crippen LogP contribution in [-0.2, 0) is 0 Å². The van der Waals surface area contributed by atoms with E-state index in [1.54, 1.807) is 6.26 Å². The molecule has 1 fully saturated rings. The molecule has 1 aromatic rings. The first kappa shape index (κ1) is 12.6. The molecule has 1 saturated heterocycles. The lowest BCUT2D eigenvalue weighted by atomic mass is 10.1. The van der Waals surface area contributed by atoms with Crippen molar-refractivity contribution in [2.45, 2.75) is 45.2 Å². The number of hydrogen-bond donors (Lipinski definition) is 1. The summed E-state index contributed by atoms with van der Waals surface area (Å²) in [7, 11) is 1.94. The minimum absolute atomic E-state index is 0.259. The summed E-state index contributed by atoms with van der Waals surface area (Å²) in [5.41, 5.74) is 1.01. The Morgan fingerprint density at radius 2 is 2.24 bits per heavy atom. The lowest BCUT2D eigenvalue weighted by molar-refractivity contribution is 0.268. The fourth-order valence-corrected chi connectivity index (χ4v) is 2.29. The maximum atomic E-state index is 5.62. The van der Waals surface area contributed by atoms with E-state index in [0.717, 1.165) is 31.1 Å². The molecular formula is C13H23N3O. The van der Waals surface area contributed by atoms with Crippen LogP contribution >= 0.6 is 0 Å². The van der Waals surface area contributed by atoms with Crippen molar-refractivity contribution in [3.8, 4) is 0 Å². The second kappa shape index (κ2) is 5.19. The van der Waals surface area contributed by atoms with Gasteiger partial charge < -0.3 is 14.6 Å². The van der Waals surface area contributed by atoms with Crippen LogP contribution in [0.15, 0.2) is 10.7 Å². The third-order valence-electron chi connectivity index (χ3n) is 3.72. The van der Waals surface area contributed by atoms with Crippen LogP contribution in [0, 0.1) is 0 Å². The average Bonchev–Trinajstić information content (AvgIpc) is 2.95. The highest BCUT2D eigenvalue weighted by molar-refractivity contribution is 5.06. The zero-order valence-corrected chi connectivity index (χ0v) is 11.2. The molecule has 0 spiro atoms. The lowest BCUT2D eigenvalue weighted by Crippen LogP contribution is -2.27. The zero-order valence-electron chi connectivity index (χ0n) is 11.2. The monoisotopic (exact) mass is 237 g/mol. The third-order valence-corrected chi connectivity index (χ3v) is 3.72. The van der Waals surface area contributed by atoms with Gasteiger partial charge in [0.1, 0.15) is 6.26 Å². The molecule has 1 aliphatic heterocycles. The number of nitrogens with one attached hydrogen (secondary N) is 1. The summed E-state index contributed by atoms with van der Waals surface area (Å²) in [5, 5.41) is 3.18. The standard InChI is InChI=1S/C13H23N3O/c1-9(2)16-6-5-11(7-16)13-15-12(8-17-13)10(3)14-4/h8-11,14H,5-7H2,1-4H3. The van der Waals surface area contributed by atoms with Crippen molar-refractivity contribution in [3.63, 3.8) is 0 Å². The Morgan fingerprint density at radius 1 is 1.47 bits per heavy atom. The molecule has 0 radical (unpaired) electrons. The van der Waals surface area contributed by atoms with Crippen molar-refractivity contribution in [2.75, 3.05) is 20.1 Å². The minimum Gasteiger partial charge on any atom is -0.448 e. The van der Waals surface area contributed by atoms with Gasteiger partial charge in [0.05, 0.1) is 5.69 Å². The van der Waals surface area contributed by atoms with Gasteiger partial charge >= 0.3 is 0 Å². The number of oxazole rings is 1. The van der Waals surface area contributed by atoms with Gasteiger partial charge in [0.15, 0.2) is 5.89 Å². The number of likely N-dealkylation sites (tertiary alicyclic amines) is 1. The van der Waals surface area contributed by atoms with E-state index in [4.69, 9.17) is 4.42 Å². The summed E-state index contributed by atoms with van der Waals surface area (Å²) in [5.74, 6) is 1.38. The maximum Gasteiger partial charge on any atom is 0.198 e. The Hall–Kier alpha value is -0.870. The van der Waals surface area contributed by atoms with E-state index in [1.807, 2.05) is 7.05 Å². The van der Waals surface area contributed by atoms with E-state index >= 15 is 0 Å². The molecule has 0 bridgehead atoms. The quantitative estimate of drug-likeness (QED) is 0.871. The molecule has 0 aliphatic carbocycles.